The number of carbonyl (C=O) groups excluding carboxylic acids is 1. The van der Waals surface area contributed by atoms with Crippen LogP contribution in [-0.2, 0) is 11.2 Å². The summed E-state index contributed by atoms with van der Waals surface area (Å²) >= 11 is 1.43. The van der Waals surface area contributed by atoms with Crippen LogP contribution >= 0.6 is 11.8 Å². The Kier molecular flexibility index (Phi) is 8.46. The van der Waals surface area contributed by atoms with Crippen LogP contribution < -0.4 is 14.2 Å². The summed E-state index contributed by atoms with van der Waals surface area (Å²) in [4.78, 5) is 17.0. The molecule has 39 heavy (non-hydrogen) atoms. The summed E-state index contributed by atoms with van der Waals surface area (Å²) < 4.78 is 17.1. The van der Waals surface area contributed by atoms with Gasteiger partial charge < -0.3 is 14.2 Å². The van der Waals surface area contributed by atoms with Crippen molar-refractivity contribution >= 4 is 39.8 Å². The van der Waals surface area contributed by atoms with Gasteiger partial charge in [-0.3, -0.25) is 10.2 Å². The lowest BCUT2D eigenvalue weighted by Crippen LogP contribution is -2.35. The Morgan fingerprint density at radius 2 is 1.85 bits per heavy atom. The Morgan fingerprint density at radius 1 is 1.08 bits per heavy atom. The van der Waals surface area contributed by atoms with E-state index in [1.165, 1.54) is 36.0 Å². The van der Waals surface area contributed by atoms with E-state index < -0.39 is 5.91 Å². The van der Waals surface area contributed by atoms with E-state index in [0.29, 0.717) is 41.5 Å². The first-order chi connectivity index (χ1) is 19.1. The molecular weight excluding hydrogens is 512 g/mol. The molecule has 3 aliphatic rings. The molecule has 9 heteroatoms. The van der Waals surface area contributed by atoms with Gasteiger partial charge in [-0.2, -0.15) is 15.1 Å². The topological polar surface area (TPSA) is 96.6 Å². The Morgan fingerprint density at radius 3 is 2.59 bits per heavy atom. The molecule has 0 radical (unpaired) electrons. The van der Waals surface area contributed by atoms with Gasteiger partial charge in [0.1, 0.15) is 24.0 Å². The van der Waals surface area contributed by atoms with E-state index in [2.05, 4.69) is 16.7 Å². The monoisotopic (exact) mass is 544 g/mol. The number of aliphatic imine (C=N–C) groups is 1. The number of hydrazone groups is 1. The molecule has 0 bridgehead atoms. The summed E-state index contributed by atoms with van der Waals surface area (Å²) in [6.07, 6.45) is 10.2. The van der Waals surface area contributed by atoms with Crippen molar-refractivity contribution in [2.75, 3.05) is 20.3 Å². The van der Waals surface area contributed by atoms with Crippen molar-refractivity contribution in [3.63, 3.8) is 0 Å². The SMILES string of the molecule is C=CCc1ccc(OCCOc2ccc(/C=C3\C(=N)N4N=C(C5CCCCC5)SC4=NC3=O)cc2)c(OC)c1. The third-order valence-electron chi connectivity index (χ3n) is 6.83. The predicted molar refractivity (Wildman–Crippen MR) is 156 cm³/mol. The molecule has 8 nitrogen and oxygen atoms in total. The molecule has 202 valence electrons. The number of amidine groups is 2. The number of ether oxygens (including phenoxy) is 3. The van der Waals surface area contributed by atoms with Crippen molar-refractivity contribution in [3.05, 3.63) is 71.8 Å². The predicted octanol–water partition coefficient (Wildman–Crippen LogP) is 6.08. The van der Waals surface area contributed by atoms with Gasteiger partial charge in [0.05, 0.1) is 12.7 Å². The Hall–Kier alpha value is -3.85. The van der Waals surface area contributed by atoms with Crippen LogP contribution in [0.4, 0.5) is 0 Å². The number of allylic oxidation sites excluding steroid dienone is 1. The first kappa shape index (κ1) is 26.7. The summed E-state index contributed by atoms with van der Waals surface area (Å²) in [5, 5.41) is 16.3. The number of fused-ring (bicyclic) bond motifs is 1. The van der Waals surface area contributed by atoms with Crippen molar-refractivity contribution in [1.82, 2.24) is 5.01 Å². The maximum atomic E-state index is 12.8. The summed E-state index contributed by atoms with van der Waals surface area (Å²) in [6.45, 7) is 4.47. The zero-order valence-corrected chi connectivity index (χ0v) is 22.8. The number of benzene rings is 2. The average molecular weight is 545 g/mol. The second-order valence-electron chi connectivity index (χ2n) is 9.54. The third kappa shape index (κ3) is 6.25. The minimum Gasteiger partial charge on any atom is -0.493 e. The molecule has 1 saturated carbocycles. The van der Waals surface area contributed by atoms with Crippen LogP contribution in [0.25, 0.3) is 6.08 Å². The van der Waals surface area contributed by atoms with Crippen molar-refractivity contribution < 1.29 is 19.0 Å². The first-order valence-corrected chi connectivity index (χ1v) is 14.0. The molecule has 0 aromatic heterocycles. The number of carbonyl (C=O) groups is 1. The Bertz CT molecular complexity index is 1340. The zero-order chi connectivity index (χ0) is 27.2. The van der Waals surface area contributed by atoms with Crippen molar-refractivity contribution in [1.29, 1.82) is 5.41 Å². The highest BCUT2D eigenvalue weighted by Crippen LogP contribution is 2.36. The maximum absolute atomic E-state index is 12.8. The lowest BCUT2D eigenvalue weighted by molar-refractivity contribution is -0.114. The largest absolute Gasteiger partial charge is 0.493 e. The fraction of sp³-hybridized carbons (Fsp3) is 0.333. The molecule has 5 rings (SSSR count). The molecule has 2 heterocycles. The van der Waals surface area contributed by atoms with Crippen molar-refractivity contribution in [2.45, 2.75) is 38.5 Å². The minimum absolute atomic E-state index is 0.0636. The molecule has 0 spiro atoms. The zero-order valence-electron chi connectivity index (χ0n) is 22.0. The van der Waals surface area contributed by atoms with Gasteiger partial charge >= 0.3 is 0 Å². The van der Waals surface area contributed by atoms with Gasteiger partial charge in [-0.25, -0.2) is 0 Å². The van der Waals surface area contributed by atoms with Crippen molar-refractivity contribution in [3.8, 4) is 17.2 Å². The van der Waals surface area contributed by atoms with Gasteiger partial charge in [-0.05, 0) is 72.5 Å². The molecule has 1 fully saturated rings. The number of nitrogens with zero attached hydrogens (tertiary/aromatic N) is 3. The third-order valence-corrected chi connectivity index (χ3v) is 7.90. The molecular formula is C30H32N4O4S. The van der Waals surface area contributed by atoms with Crippen LogP contribution in [0.3, 0.4) is 0 Å². The van der Waals surface area contributed by atoms with Crippen LogP contribution in [0.1, 0.15) is 43.2 Å². The van der Waals surface area contributed by atoms with Crippen molar-refractivity contribution in [2.24, 2.45) is 16.0 Å². The molecule has 1 N–H and O–H groups in total. The summed E-state index contributed by atoms with van der Waals surface area (Å²) in [6, 6.07) is 13.2. The number of rotatable bonds is 10. The standard InChI is InChI=1S/C30H32N4O4S/c1-3-7-20-12-15-25(26(19-20)36-2)38-17-16-37-23-13-10-21(11-14-23)18-24-27(31)34-30(32-28(24)35)39-29(33-34)22-8-5-4-6-9-22/h3,10-15,18-19,22,31H,1,4-9,16-17H2,2H3/b24-18+,31-27?. The summed E-state index contributed by atoms with van der Waals surface area (Å²) in [7, 11) is 1.62. The number of hydrogen-bond acceptors (Lipinski definition) is 7. The maximum Gasteiger partial charge on any atom is 0.283 e. The van der Waals surface area contributed by atoms with E-state index in [0.717, 1.165) is 35.4 Å². The van der Waals surface area contributed by atoms with Crippen LogP contribution in [0.2, 0.25) is 0 Å². The van der Waals surface area contributed by atoms with E-state index >= 15 is 0 Å². The highest BCUT2D eigenvalue weighted by molar-refractivity contribution is 8.27. The molecule has 0 atom stereocenters. The van der Waals surface area contributed by atoms with Crippen LogP contribution in [0, 0.1) is 11.3 Å². The van der Waals surface area contributed by atoms with E-state index in [4.69, 9.17) is 19.6 Å². The van der Waals surface area contributed by atoms with Crippen LogP contribution in [-0.4, -0.2) is 47.3 Å². The lowest BCUT2D eigenvalue weighted by atomic mass is 9.90. The van der Waals surface area contributed by atoms with E-state index in [9.17, 15) is 4.79 Å². The van der Waals surface area contributed by atoms with Gasteiger partial charge in [0.15, 0.2) is 17.3 Å². The second kappa shape index (κ2) is 12.3. The number of hydrogen-bond donors (Lipinski definition) is 1. The molecule has 2 aliphatic heterocycles. The van der Waals surface area contributed by atoms with Crippen LogP contribution in [0.5, 0.6) is 17.2 Å². The van der Waals surface area contributed by atoms with Gasteiger partial charge in [0, 0.05) is 5.92 Å². The summed E-state index contributed by atoms with van der Waals surface area (Å²) in [5.41, 5.74) is 2.11. The Labute approximate surface area is 232 Å². The fourth-order valence-electron chi connectivity index (χ4n) is 4.78. The first-order valence-electron chi connectivity index (χ1n) is 13.2. The lowest BCUT2D eigenvalue weighted by Gasteiger charge is -2.20. The van der Waals surface area contributed by atoms with E-state index in [1.807, 2.05) is 48.5 Å². The average Bonchev–Trinajstić information content (AvgIpc) is 3.39. The molecule has 2 aromatic rings. The smallest absolute Gasteiger partial charge is 0.283 e. The number of methoxy groups -OCH3 is 1. The Balaban J connectivity index is 1.17. The van der Waals surface area contributed by atoms with E-state index in [-0.39, 0.29) is 11.4 Å². The highest BCUT2D eigenvalue weighted by Gasteiger charge is 2.37. The molecule has 1 aliphatic carbocycles. The molecule has 0 saturated heterocycles. The van der Waals surface area contributed by atoms with Gasteiger partial charge in [0.25, 0.3) is 5.91 Å². The van der Waals surface area contributed by atoms with Gasteiger partial charge in [0.2, 0.25) is 5.17 Å². The number of amides is 1. The molecule has 0 unspecified atom stereocenters. The number of thioether (sulfide) groups is 1. The molecule has 1 amide bonds. The molecule has 2 aromatic carbocycles. The number of nitrogens with one attached hydrogen (secondary N) is 1. The van der Waals surface area contributed by atoms with E-state index in [1.54, 1.807) is 13.2 Å². The van der Waals surface area contributed by atoms with Gasteiger partial charge in [-0.15, -0.1) is 6.58 Å². The second-order valence-corrected chi connectivity index (χ2v) is 10.5. The van der Waals surface area contributed by atoms with Gasteiger partial charge in [-0.1, -0.05) is 43.5 Å². The fourth-order valence-corrected chi connectivity index (χ4v) is 5.84. The quantitative estimate of drug-likeness (QED) is 0.221. The normalized spacial score (nSPS) is 18.5. The highest BCUT2D eigenvalue weighted by atomic mass is 32.2. The minimum atomic E-state index is -0.413. The summed E-state index contributed by atoms with van der Waals surface area (Å²) in [5.74, 6) is 2.06. The van der Waals surface area contributed by atoms with Crippen LogP contribution in [0.15, 0.2) is 70.8 Å².